The maximum Gasteiger partial charge on any atom is 0.308 e. The van der Waals surface area contributed by atoms with Gasteiger partial charge in [-0.2, -0.15) is 0 Å². The molecule has 24 heavy (non-hydrogen) atoms. The number of ether oxygens (including phenoxy) is 1. The quantitative estimate of drug-likeness (QED) is 0.677. The predicted molar refractivity (Wildman–Crippen MR) is 88.4 cm³/mol. The Balaban J connectivity index is 1.73. The Morgan fingerprint density at radius 3 is 2.92 bits per heavy atom. The number of para-hydroxylation sites is 1. The molecule has 0 fully saturated rings. The molecule has 4 rings (SSSR count). The van der Waals surface area contributed by atoms with E-state index in [2.05, 4.69) is 14.8 Å². The SMILES string of the molecule is COC(=O)C1CCc2nnc(-c3oc4ccccc4c3C)n2CC1. The minimum Gasteiger partial charge on any atom is -0.469 e. The number of hydrogen-bond acceptors (Lipinski definition) is 5. The van der Waals surface area contributed by atoms with Crippen LogP contribution in [0.2, 0.25) is 0 Å². The molecule has 0 saturated heterocycles. The average Bonchev–Trinajstić information content (AvgIpc) is 3.08. The number of nitrogens with zero attached hydrogens (tertiary/aromatic N) is 3. The molecule has 3 aromatic rings. The topological polar surface area (TPSA) is 70.2 Å². The van der Waals surface area contributed by atoms with Crippen molar-refractivity contribution in [2.24, 2.45) is 5.92 Å². The molecule has 1 aromatic carbocycles. The van der Waals surface area contributed by atoms with Gasteiger partial charge in [-0.1, -0.05) is 18.2 Å². The molecular weight excluding hydrogens is 306 g/mol. The van der Waals surface area contributed by atoms with Crippen molar-refractivity contribution in [2.75, 3.05) is 7.11 Å². The highest BCUT2D eigenvalue weighted by atomic mass is 16.5. The highest BCUT2D eigenvalue weighted by Gasteiger charge is 2.27. The van der Waals surface area contributed by atoms with E-state index in [9.17, 15) is 4.79 Å². The van der Waals surface area contributed by atoms with Gasteiger partial charge < -0.3 is 13.7 Å². The number of furan rings is 1. The summed E-state index contributed by atoms with van der Waals surface area (Å²) in [5.74, 6) is 2.17. The first kappa shape index (κ1) is 14.9. The van der Waals surface area contributed by atoms with Crippen LogP contribution in [-0.2, 0) is 22.5 Å². The normalized spacial score (nSPS) is 17.5. The Kier molecular flexibility index (Phi) is 3.59. The van der Waals surface area contributed by atoms with Gasteiger partial charge in [0.1, 0.15) is 11.4 Å². The second-order valence-electron chi connectivity index (χ2n) is 6.19. The van der Waals surface area contributed by atoms with Crippen molar-refractivity contribution >= 4 is 16.9 Å². The molecule has 0 saturated carbocycles. The number of aromatic nitrogens is 3. The largest absolute Gasteiger partial charge is 0.469 e. The highest BCUT2D eigenvalue weighted by Crippen LogP contribution is 2.33. The van der Waals surface area contributed by atoms with Crippen molar-refractivity contribution < 1.29 is 13.9 Å². The lowest BCUT2D eigenvalue weighted by molar-refractivity contribution is -0.145. The monoisotopic (exact) mass is 325 g/mol. The number of rotatable bonds is 2. The number of esters is 1. The number of benzene rings is 1. The Labute approximate surface area is 139 Å². The van der Waals surface area contributed by atoms with Crippen LogP contribution in [-0.4, -0.2) is 27.8 Å². The third-order valence-corrected chi connectivity index (χ3v) is 4.83. The van der Waals surface area contributed by atoms with E-state index in [1.165, 1.54) is 7.11 Å². The Morgan fingerprint density at radius 1 is 1.29 bits per heavy atom. The molecule has 0 N–H and O–H groups in total. The van der Waals surface area contributed by atoms with Gasteiger partial charge in [0.15, 0.2) is 11.6 Å². The minimum atomic E-state index is -0.143. The molecule has 1 atom stereocenters. The zero-order valence-electron chi connectivity index (χ0n) is 13.8. The van der Waals surface area contributed by atoms with Crippen LogP contribution in [0.3, 0.4) is 0 Å². The smallest absolute Gasteiger partial charge is 0.308 e. The van der Waals surface area contributed by atoms with Gasteiger partial charge in [0, 0.05) is 23.9 Å². The van der Waals surface area contributed by atoms with E-state index < -0.39 is 0 Å². The van der Waals surface area contributed by atoms with Crippen molar-refractivity contribution in [3.05, 3.63) is 35.7 Å². The molecule has 0 amide bonds. The lowest BCUT2D eigenvalue weighted by Crippen LogP contribution is -2.16. The van der Waals surface area contributed by atoms with Gasteiger partial charge in [-0.05, 0) is 25.8 Å². The summed E-state index contributed by atoms with van der Waals surface area (Å²) in [5.41, 5.74) is 1.91. The van der Waals surface area contributed by atoms with Crippen LogP contribution in [0.15, 0.2) is 28.7 Å². The Bertz CT molecular complexity index is 910. The maximum absolute atomic E-state index is 11.8. The Hall–Kier alpha value is -2.63. The van der Waals surface area contributed by atoms with E-state index in [1.807, 2.05) is 31.2 Å². The molecule has 0 bridgehead atoms. The molecule has 124 valence electrons. The maximum atomic E-state index is 11.8. The highest BCUT2D eigenvalue weighted by molar-refractivity contribution is 5.86. The van der Waals surface area contributed by atoms with E-state index in [0.717, 1.165) is 46.8 Å². The zero-order chi connectivity index (χ0) is 16.7. The van der Waals surface area contributed by atoms with E-state index in [0.29, 0.717) is 13.0 Å². The van der Waals surface area contributed by atoms with Crippen molar-refractivity contribution in [3.8, 4) is 11.6 Å². The lowest BCUT2D eigenvalue weighted by Gasteiger charge is -2.10. The second-order valence-corrected chi connectivity index (χ2v) is 6.19. The number of hydrogen-bond donors (Lipinski definition) is 0. The van der Waals surface area contributed by atoms with Gasteiger partial charge in [0.25, 0.3) is 0 Å². The Morgan fingerprint density at radius 2 is 2.12 bits per heavy atom. The molecule has 0 spiro atoms. The van der Waals surface area contributed by atoms with Gasteiger partial charge in [-0.15, -0.1) is 10.2 Å². The number of carbonyl (C=O) groups is 1. The van der Waals surface area contributed by atoms with E-state index in [1.54, 1.807) is 0 Å². The summed E-state index contributed by atoms with van der Waals surface area (Å²) in [5, 5.41) is 9.77. The number of carbonyl (C=O) groups excluding carboxylic acids is 1. The van der Waals surface area contributed by atoms with Crippen molar-refractivity contribution in [3.63, 3.8) is 0 Å². The van der Waals surface area contributed by atoms with Crippen LogP contribution in [0.5, 0.6) is 0 Å². The van der Waals surface area contributed by atoms with Gasteiger partial charge in [-0.25, -0.2) is 0 Å². The molecule has 3 heterocycles. The molecule has 1 aliphatic rings. The fourth-order valence-electron chi connectivity index (χ4n) is 3.45. The van der Waals surface area contributed by atoms with Crippen LogP contribution in [0.4, 0.5) is 0 Å². The average molecular weight is 325 g/mol. The van der Waals surface area contributed by atoms with E-state index in [-0.39, 0.29) is 11.9 Å². The van der Waals surface area contributed by atoms with Gasteiger partial charge in [-0.3, -0.25) is 4.79 Å². The summed E-state index contributed by atoms with van der Waals surface area (Å²) >= 11 is 0. The van der Waals surface area contributed by atoms with E-state index >= 15 is 0 Å². The van der Waals surface area contributed by atoms with Gasteiger partial charge >= 0.3 is 5.97 Å². The molecule has 6 heteroatoms. The molecule has 0 aliphatic carbocycles. The zero-order valence-corrected chi connectivity index (χ0v) is 13.8. The molecule has 0 radical (unpaired) electrons. The van der Waals surface area contributed by atoms with Crippen LogP contribution in [0, 0.1) is 12.8 Å². The van der Waals surface area contributed by atoms with Crippen molar-refractivity contribution in [1.82, 2.24) is 14.8 Å². The molecule has 2 aromatic heterocycles. The van der Waals surface area contributed by atoms with Crippen LogP contribution in [0.1, 0.15) is 24.2 Å². The summed E-state index contributed by atoms with van der Waals surface area (Å²) in [4.78, 5) is 11.8. The van der Waals surface area contributed by atoms with Crippen LogP contribution in [0.25, 0.3) is 22.6 Å². The fourth-order valence-corrected chi connectivity index (χ4v) is 3.45. The standard InChI is InChI=1S/C18H19N3O3/c1-11-13-5-3-4-6-14(13)24-16(11)17-20-19-15-8-7-12(18(22)23-2)9-10-21(15)17/h3-6,12H,7-10H2,1-2H3. The van der Waals surface area contributed by atoms with Crippen molar-refractivity contribution in [2.45, 2.75) is 32.7 Å². The summed E-state index contributed by atoms with van der Waals surface area (Å²) in [7, 11) is 1.44. The predicted octanol–water partition coefficient (Wildman–Crippen LogP) is 3.13. The van der Waals surface area contributed by atoms with Gasteiger partial charge in [0.05, 0.1) is 13.0 Å². The minimum absolute atomic E-state index is 0.0821. The molecule has 6 nitrogen and oxygen atoms in total. The summed E-state index contributed by atoms with van der Waals surface area (Å²) < 4.78 is 13.0. The molecular formula is C18H19N3O3. The van der Waals surface area contributed by atoms with E-state index in [4.69, 9.17) is 9.15 Å². The molecule has 1 aliphatic heterocycles. The third-order valence-electron chi connectivity index (χ3n) is 4.83. The first-order valence-electron chi connectivity index (χ1n) is 8.17. The first-order valence-corrected chi connectivity index (χ1v) is 8.17. The van der Waals surface area contributed by atoms with Crippen LogP contribution < -0.4 is 0 Å². The fraction of sp³-hybridized carbons (Fsp3) is 0.389. The van der Waals surface area contributed by atoms with Gasteiger partial charge in [0.2, 0.25) is 0 Å². The summed E-state index contributed by atoms with van der Waals surface area (Å²) in [6, 6.07) is 7.96. The number of methoxy groups -OCH3 is 1. The van der Waals surface area contributed by atoms with Crippen LogP contribution >= 0.6 is 0 Å². The first-order chi connectivity index (χ1) is 11.7. The second kappa shape index (κ2) is 5.78. The number of aryl methyl sites for hydroxylation is 2. The lowest BCUT2D eigenvalue weighted by atomic mass is 10.0. The number of fused-ring (bicyclic) bond motifs is 2. The van der Waals surface area contributed by atoms with Crippen molar-refractivity contribution in [1.29, 1.82) is 0 Å². The summed E-state index contributed by atoms with van der Waals surface area (Å²) in [6.45, 7) is 2.73. The molecule has 1 unspecified atom stereocenters. The third kappa shape index (κ3) is 2.29. The summed E-state index contributed by atoms with van der Waals surface area (Å²) in [6.07, 6.45) is 2.18.